The molecule has 1 fully saturated rings. The second-order valence-electron chi connectivity index (χ2n) is 4.59. The van der Waals surface area contributed by atoms with Crippen LogP contribution in [0.15, 0.2) is 0 Å². The minimum absolute atomic E-state index is 0.00604. The lowest BCUT2D eigenvalue weighted by atomic mass is 10.1. The second-order valence-corrected chi connectivity index (χ2v) is 4.59. The van der Waals surface area contributed by atoms with Crippen LogP contribution in [-0.2, 0) is 9.53 Å². The number of amides is 2. The predicted octanol–water partition coefficient (Wildman–Crippen LogP) is 1.11. The van der Waals surface area contributed by atoms with Gasteiger partial charge in [-0.3, -0.25) is 4.79 Å². The molecule has 2 atom stereocenters. The number of carboxylic acids is 1. The normalized spacial score (nSPS) is 20.4. The molecule has 104 valence electrons. The van der Waals surface area contributed by atoms with Crippen LogP contribution in [0.1, 0.15) is 39.0 Å². The molecule has 1 aliphatic heterocycles. The van der Waals surface area contributed by atoms with Crippen LogP contribution in [-0.4, -0.2) is 42.4 Å². The minimum atomic E-state index is -0.800. The van der Waals surface area contributed by atoms with E-state index in [1.807, 2.05) is 6.92 Å². The number of carboxylic acid groups (broad SMARTS) is 1. The molecule has 0 aromatic heterocycles. The molecule has 1 rings (SSSR count). The van der Waals surface area contributed by atoms with Gasteiger partial charge in [-0.25, -0.2) is 4.79 Å². The van der Waals surface area contributed by atoms with E-state index in [0.717, 1.165) is 19.4 Å². The molecule has 0 saturated carbocycles. The van der Waals surface area contributed by atoms with Crippen LogP contribution in [0, 0.1) is 0 Å². The first-order valence-electron chi connectivity index (χ1n) is 6.47. The molecule has 0 aliphatic carbocycles. The van der Waals surface area contributed by atoms with Crippen LogP contribution >= 0.6 is 0 Å². The Morgan fingerprint density at radius 2 is 2.22 bits per heavy atom. The summed E-state index contributed by atoms with van der Waals surface area (Å²) in [6.07, 6.45) is 3.55. The van der Waals surface area contributed by atoms with Crippen molar-refractivity contribution < 1.29 is 19.4 Å². The van der Waals surface area contributed by atoms with Crippen LogP contribution in [0.2, 0.25) is 0 Å². The van der Waals surface area contributed by atoms with E-state index in [9.17, 15) is 9.59 Å². The third-order valence-corrected chi connectivity index (χ3v) is 2.98. The van der Waals surface area contributed by atoms with Gasteiger partial charge in [-0.05, 0) is 32.6 Å². The molecule has 0 radical (unpaired) electrons. The summed E-state index contributed by atoms with van der Waals surface area (Å²) in [7, 11) is 0. The lowest BCUT2D eigenvalue weighted by Gasteiger charge is -2.20. The molecule has 6 heteroatoms. The molecule has 1 saturated heterocycles. The molecule has 1 heterocycles. The number of hydrogen-bond acceptors (Lipinski definition) is 3. The van der Waals surface area contributed by atoms with Gasteiger partial charge in [0.1, 0.15) is 0 Å². The van der Waals surface area contributed by atoms with E-state index < -0.39 is 5.97 Å². The van der Waals surface area contributed by atoms with E-state index in [1.165, 1.54) is 0 Å². The fourth-order valence-corrected chi connectivity index (χ4v) is 1.95. The Morgan fingerprint density at radius 3 is 2.83 bits per heavy atom. The van der Waals surface area contributed by atoms with Crippen LogP contribution in [0.3, 0.4) is 0 Å². The highest BCUT2D eigenvalue weighted by atomic mass is 16.5. The number of nitrogens with one attached hydrogen (secondary N) is 2. The monoisotopic (exact) mass is 258 g/mol. The fourth-order valence-electron chi connectivity index (χ4n) is 1.95. The Hall–Kier alpha value is -1.30. The summed E-state index contributed by atoms with van der Waals surface area (Å²) < 4.78 is 5.48. The second kappa shape index (κ2) is 7.92. The predicted molar refractivity (Wildman–Crippen MR) is 66.5 cm³/mol. The molecule has 2 amide bonds. The van der Waals surface area contributed by atoms with Gasteiger partial charge in [0.15, 0.2) is 0 Å². The standard InChI is InChI=1S/C12H22N2O4/c1-9(10-5-4-8-18-10)14-12(17)13-7-3-2-6-11(15)16/h9-10H,2-8H2,1H3,(H,15,16)(H2,13,14,17). The van der Waals surface area contributed by atoms with Gasteiger partial charge in [-0.15, -0.1) is 0 Å². The van der Waals surface area contributed by atoms with Crippen molar-refractivity contribution in [2.24, 2.45) is 0 Å². The Bertz CT molecular complexity index is 277. The summed E-state index contributed by atoms with van der Waals surface area (Å²) in [5.41, 5.74) is 0. The summed E-state index contributed by atoms with van der Waals surface area (Å²) in [6.45, 7) is 3.20. The van der Waals surface area contributed by atoms with E-state index in [2.05, 4.69) is 10.6 Å². The van der Waals surface area contributed by atoms with Gasteiger partial charge in [0.2, 0.25) is 0 Å². The fraction of sp³-hybridized carbons (Fsp3) is 0.833. The van der Waals surface area contributed by atoms with E-state index >= 15 is 0 Å². The number of aliphatic carboxylic acids is 1. The lowest BCUT2D eigenvalue weighted by Crippen LogP contribution is -2.46. The minimum Gasteiger partial charge on any atom is -0.481 e. The maximum atomic E-state index is 11.5. The number of hydrogen-bond donors (Lipinski definition) is 3. The Kier molecular flexibility index (Phi) is 6.49. The largest absolute Gasteiger partial charge is 0.481 e. The molecule has 1 aliphatic rings. The summed E-state index contributed by atoms with van der Waals surface area (Å²) >= 11 is 0. The molecule has 0 aromatic carbocycles. The first-order chi connectivity index (χ1) is 8.59. The first kappa shape index (κ1) is 14.8. The molecule has 0 aromatic rings. The number of carbonyl (C=O) groups excluding carboxylic acids is 1. The Balaban J connectivity index is 2.04. The molecule has 3 N–H and O–H groups in total. The van der Waals surface area contributed by atoms with Gasteiger partial charge in [-0.1, -0.05) is 0 Å². The van der Waals surface area contributed by atoms with Crippen LogP contribution in [0.4, 0.5) is 4.79 Å². The Morgan fingerprint density at radius 1 is 1.44 bits per heavy atom. The molecular formula is C12H22N2O4. The molecule has 18 heavy (non-hydrogen) atoms. The third-order valence-electron chi connectivity index (χ3n) is 2.98. The molecule has 0 bridgehead atoms. The van der Waals surface area contributed by atoms with Gasteiger partial charge >= 0.3 is 12.0 Å². The van der Waals surface area contributed by atoms with Gasteiger partial charge in [-0.2, -0.15) is 0 Å². The molecule has 2 unspecified atom stereocenters. The van der Waals surface area contributed by atoms with E-state index in [-0.39, 0.29) is 24.6 Å². The number of rotatable bonds is 7. The summed E-state index contributed by atoms with van der Waals surface area (Å²) in [4.78, 5) is 21.8. The van der Waals surface area contributed by atoms with Crippen molar-refractivity contribution in [2.75, 3.05) is 13.2 Å². The third kappa shape index (κ3) is 5.86. The van der Waals surface area contributed by atoms with Crippen LogP contribution in [0.25, 0.3) is 0 Å². The highest BCUT2D eigenvalue weighted by Gasteiger charge is 2.23. The van der Waals surface area contributed by atoms with Gasteiger partial charge < -0.3 is 20.5 Å². The van der Waals surface area contributed by atoms with Crippen molar-refractivity contribution in [1.29, 1.82) is 0 Å². The first-order valence-corrected chi connectivity index (χ1v) is 6.47. The lowest BCUT2D eigenvalue weighted by molar-refractivity contribution is -0.137. The highest BCUT2D eigenvalue weighted by molar-refractivity contribution is 5.74. The topological polar surface area (TPSA) is 87.7 Å². The zero-order valence-electron chi connectivity index (χ0n) is 10.8. The van der Waals surface area contributed by atoms with Crippen LogP contribution in [0.5, 0.6) is 0 Å². The van der Waals surface area contributed by atoms with Crippen molar-refractivity contribution in [3.63, 3.8) is 0 Å². The van der Waals surface area contributed by atoms with Crippen molar-refractivity contribution in [1.82, 2.24) is 10.6 Å². The average molecular weight is 258 g/mol. The number of unbranched alkanes of at least 4 members (excludes halogenated alkanes) is 1. The van der Waals surface area contributed by atoms with Gasteiger partial charge in [0, 0.05) is 19.6 Å². The van der Waals surface area contributed by atoms with Crippen LogP contribution < -0.4 is 10.6 Å². The van der Waals surface area contributed by atoms with Crippen molar-refractivity contribution in [3.8, 4) is 0 Å². The van der Waals surface area contributed by atoms with E-state index in [4.69, 9.17) is 9.84 Å². The summed E-state index contributed by atoms with van der Waals surface area (Å²) in [6, 6.07) is -0.208. The zero-order valence-corrected chi connectivity index (χ0v) is 10.8. The van der Waals surface area contributed by atoms with Crippen molar-refractivity contribution in [3.05, 3.63) is 0 Å². The maximum Gasteiger partial charge on any atom is 0.315 e. The van der Waals surface area contributed by atoms with Gasteiger partial charge in [0.25, 0.3) is 0 Å². The van der Waals surface area contributed by atoms with Gasteiger partial charge in [0.05, 0.1) is 12.1 Å². The summed E-state index contributed by atoms with van der Waals surface area (Å²) in [5, 5.41) is 14.0. The molecule has 6 nitrogen and oxygen atoms in total. The SMILES string of the molecule is CC(NC(=O)NCCCCC(=O)O)C1CCCO1. The number of carbonyl (C=O) groups is 2. The number of urea groups is 1. The Labute approximate surface area is 107 Å². The maximum absolute atomic E-state index is 11.5. The van der Waals surface area contributed by atoms with Crippen molar-refractivity contribution in [2.45, 2.75) is 51.2 Å². The summed E-state index contributed by atoms with van der Waals surface area (Å²) in [5.74, 6) is -0.800. The highest BCUT2D eigenvalue weighted by Crippen LogP contribution is 2.15. The number of ether oxygens (including phenoxy) is 1. The van der Waals surface area contributed by atoms with E-state index in [0.29, 0.717) is 19.4 Å². The zero-order chi connectivity index (χ0) is 13.4. The average Bonchev–Trinajstić information content (AvgIpc) is 2.81. The molecule has 0 spiro atoms. The molecular weight excluding hydrogens is 236 g/mol. The smallest absolute Gasteiger partial charge is 0.315 e. The van der Waals surface area contributed by atoms with Crippen molar-refractivity contribution >= 4 is 12.0 Å². The quantitative estimate of drug-likeness (QED) is 0.597. The van der Waals surface area contributed by atoms with E-state index in [1.54, 1.807) is 0 Å².